The highest BCUT2D eigenvalue weighted by Crippen LogP contribution is 2.28. The molecule has 1 aliphatic heterocycles. The molecule has 1 heterocycles. The van der Waals surface area contributed by atoms with Crippen molar-refractivity contribution in [1.82, 2.24) is 9.80 Å². The van der Waals surface area contributed by atoms with Crippen LogP contribution in [0.25, 0.3) is 0 Å². The molecule has 21 heavy (non-hydrogen) atoms. The molecule has 2 fully saturated rings. The summed E-state index contributed by atoms with van der Waals surface area (Å²) in [6.07, 6.45) is 2.72. The summed E-state index contributed by atoms with van der Waals surface area (Å²) in [7, 11) is 1.50. The maximum absolute atomic E-state index is 11.2. The first-order valence-corrected chi connectivity index (χ1v) is 7.54. The van der Waals surface area contributed by atoms with Crippen LogP contribution in [0.4, 0.5) is 0 Å². The van der Waals surface area contributed by atoms with Gasteiger partial charge in [0.15, 0.2) is 0 Å². The van der Waals surface area contributed by atoms with Gasteiger partial charge in [-0.2, -0.15) is 0 Å². The molecule has 1 saturated carbocycles. The number of carboxylic acids is 1. The van der Waals surface area contributed by atoms with Gasteiger partial charge in [-0.15, -0.1) is 0 Å². The predicted molar refractivity (Wildman–Crippen MR) is 79.8 cm³/mol. The molecule has 0 bridgehead atoms. The Morgan fingerprint density at radius 2 is 2.00 bits per heavy atom. The number of carboxylic acid groups (broad SMARTS) is 1. The molecule has 0 spiro atoms. The molecule has 0 aromatic heterocycles. The molecule has 0 radical (unpaired) electrons. The lowest BCUT2D eigenvalue weighted by atomic mass is 10.1. The number of nitrogens with zero attached hydrogens (tertiary/aromatic N) is 2. The van der Waals surface area contributed by atoms with Crippen LogP contribution in [0.15, 0.2) is 18.2 Å². The van der Waals surface area contributed by atoms with Crippen LogP contribution >= 0.6 is 0 Å². The van der Waals surface area contributed by atoms with Gasteiger partial charge in [0.2, 0.25) is 0 Å². The van der Waals surface area contributed by atoms with Crippen molar-refractivity contribution in [3.63, 3.8) is 0 Å². The van der Waals surface area contributed by atoms with Crippen molar-refractivity contribution >= 4 is 5.97 Å². The van der Waals surface area contributed by atoms with Crippen molar-refractivity contribution in [1.29, 1.82) is 0 Å². The molecular formula is C16H22N2O3. The fraction of sp³-hybridized carbons (Fsp3) is 0.562. The lowest BCUT2D eigenvalue weighted by Crippen LogP contribution is -2.46. The molecule has 0 amide bonds. The predicted octanol–water partition coefficient (Wildman–Crippen LogP) is 1.67. The average molecular weight is 290 g/mol. The number of carbonyl (C=O) groups is 1. The number of hydrogen-bond donors (Lipinski definition) is 1. The average Bonchev–Trinajstić information content (AvgIpc) is 3.32. The van der Waals surface area contributed by atoms with Gasteiger partial charge in [0.1, 0.15) is 11.3 Å². The van der Waals surface area contributed by atoms with Crippen LogP contribution in [0, 0.1) is 0 Å². The second kappa shape index (κ2) is 6.03. The van der Waals surface area contributed by atoms with Crippen LogP contribution in [0.3, 0.4) is 0 Å². The van der Waals surface area contributed by atoms with E-state index < -0.39 is 5.97 Å². The Bertz CT molecular complexity index is 520. The molecule has 2 aliphatic rings. The van der Waals surface area contributed by atoms with Gasteiger partial charge in [-0.25, -0.2) is 4.79 Å². The van der Waals surface area contributed by atoms with E-state index in [1.165, 1.54) is 20.0 Å². The summed E-state index contributed by atoms with van der Waals surface area (Å²) in [6.45, 7) is 5.19. The number of rotatable bonds is 5. The van der Waals surface area contributed by atoms with Crippen molar-refractivity contribution in [2.45, 2.75) is 25.4 Å². The molecule has 3 rings (SSSR count). The highest BCUT2D eigenvalue weighted by Gasteiger charge is 2.31. The van der Waals surface area contributed by atoms with E-state index in [-0.39, 0.29) is 5.56 Å². The molecule has 1 saturated heterocycles. The van der Waals surface area contributed by atoms with Crippen LogP contribution in [-0.2, 0) is 6.54 Å². The van der Waals surface area contributed by atoms with E-state index >= 15 is 0 Å². The number of aromatic carboxylic acids is 1. The summed E-state index contributed by atoms with van der Waals surface area (Å²) in [5, 5.41) is 9.23. The molecule has 1 N–H and O–H groups in total. The van der Waals surface area contributed by atoms with Crippen LogP contribution in [0.5, 0.6) is 5.75 Å². The van der Waals surface area contributed by atoms with Gasteiger partial charge in [0.05, 0.1) is 7.11 Å². The Balaban J connectivity index is 1.62. The third-order valence-corrected chi connectivity index (χ3v) is 4.37. The molecule has 0 atom stereocenters. The molecule has 1 aliphatic carbocycles. The Hall–Kier alpha value is -1.59. The monoisotopic (exact) mass is 290 g/mol. The molecule has 1 aromatic carbocycles. The van der Waals surface area contributed by atoms with Crippen LogP contribution in [0.2, 0.25) is 0 Å². The van der Waals surface area contributed by atoms with Gasteiger partial charge < -0.3 is 9.84 Å². The normalized spacial score (nSPS) is 20.4. The fourth-order valence-electron chi connectivity index (χ4n) is 3.01. The van der Waals surface area contributed by atoms with Crippen molar-refractivity contribution in [3.05, 3.63) is 29.3 Å². The summed E-state index contributed by atoms with van der Waals surface area (Å²) >= 11 is 0. The van der Waals surface area contributed by atoms with E-state index in [2.05, 4.69) is 9.80 Å². The van der Waals surface area contributed by atoms with E-state index in [1.807, 2.05) is 6.07 Å². The zero-order chi connectivity index (χ0) is 14.8. The van der Waals surface area contributed by atoms with E-state index in [1.54, 1.807) is 12.1 Å². The lowest BCUT2D eigenvalue weighted by molar-refractivity contribution is 0.0693. The van der Waals surface area contributed by atoms with Gasteiger partial charge in [0, 0.05) is 38.8 Å². The fourth-order valence-corrected chi connectivity index (χ4v) is 3.01. The minimum atomic E-state index is -0.938. The first-order chi connectivity index (χ1) is 10.2. The summed E-state index contributed by atoms with van der Waals surface area (Å²) in [4.78, 5) is 16.2. The van der Waals surface area contributed by atoms with E-state index in [0.29, 0.717) is 5.75 Å². The minimum absolute atomic E-state index is 0.242. The Morgan fingerprint density at radius 1 is 1.29 bits per heavy atom. The number of ether oxygens (including phenoxy) is 1. The standard InChI is InChI=1S/C16H22N2O3/c1-21-15-5-2-12(10-14(15)16(19)20)11-17-6-8-18(9-7-17)13-3-4-13/h2,5,10,13H,3-4,6-9,11H2,1H3,(H,19,20). The number of hydrogen-bond acceptors (Lipinski definition) is 4. The van der Waals surface area contributed by atoms with E-state index in [0.717, 1.165) is 44.3 Å². The Kier molecular flexibility index (Phi) is 4.12. The van der Waals surface area contributed by atoms with Crippen LogP contribution in [-0.4, -0.2) is 60.2 Å². The first kappa shape index (κ1) is 14.4. The second-order valence-electron chi connectivity index (χ2n) is 5.88. The maximum Gasteiger partial charge on any atom is 0.339 e. The number of benzene rings is 1. The zero-order valence-electron chi connectivity index (χ0n) is 12.4. The number of piperazine rings is 1. The largest absolute Gasteiger partial charge is 0.496 e. The second-order valence-corrected chi connectivity index (χ2v) is 5.88. The van der Waals surface area contributed by atoms with Gasteiger partial charge in [-0.05, 0) is 30.5 Å². The zero-order valence-corrected chi connectivity index (χ0v) is 12.4. The van der Waals surface area contributed by atoms with E-state index in [4.69, 9.17) is 4.74 Å². The topological polar surface area (TPSA) is 53.0 Å². The third kappa shape index (κ3) is 3.36. The van der Waals surface area contributed by atoms with Gasteiger partial charge >= 0.3 is 5.97 Å². The van der Waals surface area contributed by atoms with Crippen molar-refractivity contribution < 1.29 is 14.6 Å². The SMILES string of the molecule is COc1ccc(CN2CCN(C3CC3)CC2)cc1C(=O)O. The molecule has 5 heteroatoms. The quantitative estimate of drug-likeness (QED) is 0.894. The summed E-state index contributed by atoms with van der Waals surface area (Å²) in [6, 6.07) is 6.28. The molecular weight excluding hydrogens is 268 g/mol. The van der Waals surface area contributed by atoms with E-state index in [9.17, 15) is 9.90 Å². The summed E-state index contributed by atoms with van der Waals surface area (Å²) in [5.74, 6) is -0.517. The highest BCUT2D eigenvalue weighted by atomic mass is 16.5. The summed E-state index contributed by atoms with van der Waals surface area (Å²) in [5.41, 5.74) is 1.28. The first-order valence-electron chi connectivity index (χ1n) is 7.54. The summed E-state index contributed by atoms with van der Waals surface area (Å²) < 4.78 is 5.10. The number of methoxy groups -OCH3 is 1. The molecule has 114 valence electrons. The smallest absolute Gasteiger partial charge is 0.339 e. The van der Waals surface area contributed by atoms with Gasteiger partial charge in [-0.1, -0.05) is 6.07 Å². The van der Waals surface area contributed by atoms with Gasteiger partial charge in [0.25, 0.3) is 0 Å². The van der Waals surface area contributed by atoms with Crippen molar-refractivity contribution in [2.75, 3.05) is 33.3 Å². The third-order valence-electron chi connectivity index (χ3n) is 4.37. The molecule has 1 aromatic rings. The van der Waals surface area contributed by atoms with Gasteiger partial charge in [-0.3, -0.25) is 9.80 Å². The maximum atomic E-state index is 11.2. The van der Waals surface area contributed by atoms with Crippen LogP contribution in [0.1, 0.15) is 28.8 Å². The highest BCUT2D eigenvalue weighted by molar-refractivity contribution is 5.91. The van der Waals surface area contributed by atoms with Crippen LogP contribution < -0.4 is 4.74 Å². The molecule has 0 unspecified atom stereocenters. The molecule has 5 nitrogen and oxygen atoms in total. The van der Waals surface area contributed by atoms with Crippen molar-refractivity contribution in [3.8, 4) is 5.75 Å². The minimum Gasteiger partial charge on any atom is -0.496 e. The lowest BCUT2D eigenvalue weighted by Gasteiger charge is -2.34. The van der Waals surface area contributed by atoms with Crippen molar-refractivity contribution in [2.24, 2.45) is 0 Å². The Morgan fingerprint density at radius 3 is 2.57 bits per heavy atom. The Labute approximate surface area is 125 Å².